The van der Waals surface area contributed by atoms with E-state index in [1.807, 2.05) is 0 Å². The third-order valence-corrected chi connectivity index (χ3v) is 1.94. The van der Waals surface area contributed by atoms with E-state index in [2.05, 4.69) is 5.32 Å². The minimum absolute atomic E-state index is 0.0227. The number of carboxylic acid groups (broad SMARTS) is 1. The van der Waals surface area contributed by atoms with Gasteiger partial charge in [-0.2, -0.15) is 0 Å². The minimum atomic E-state index is -1.07. The number of amides is 1. The van der Waals surface area contributed by atoms with Gasteiger partial charge >= 0.3 is 5.97 Å². The molecule has 1 amide bonds. The van der Waals surface area contributed by atoms with Crippen molar-refractivity contribution in [2.75, 3.05) is 5.32 Å². The Morgan fingerprint density at radius 1 is 1.31 bits per heavy atom. The third kappa shape index (κ3) is 4.61. The van der Waals surface area contributed by atoms with Gasteiger partial charge in [0.05, 0.1) is 0 Å². The van der Waals surface area contributed by atoms with Gasteiger partial charge in [-0.3, -0.25) is 4.79 Å². The van der Waals surface area contributed by atoms with Gasteiger partial charge in [0.25, 0.3) is 0 Å². The highest BCUT2D eigenvalue weighted by Crippen LogP contribution is 2.13. The largest absolute Gasteiger partial charge is 0.478 e. The zero-order valence-electron chi connectivity index (χ0n) is 8.31. The van der Waals surface area contributed by atoms with E-state index < -0.39 is 5.97 Å². The zero-order valence-corrected chi connectivity index (χ0v) is 9.07. The van der Waals surface area contributed by atoms with E-state index in [1.54, 1.807) is 24.3 Å². The van der Waals surface area contributed by atoms with Gasteiger partial charge in [0.2, 0.25) is 5.91 Å². The van der Waals surface area contributed by atoms with Crippen molar-refractivity contribution in [3.8, 4) is 0 Å². The number of hydrogen-bond acceptors (Lipinski definition) is 2. The van der Waals surface area contributed by atoms with Crippen LogP contribution in [-0.2, 0) is 9.59 Å². The molecule has 0 saturated carbocycles. The molecule has 0 fully saturated rings. The summed E-state index contributed by atoms with van der Waals surface area (Å²) < 4.78 is 0. The molecular weight excluding hydrogens is 230 g/mol. The molecule has 16 heavy (non-hydrogen) atoms. The van der Waals surface area contributed by atoms with Crippen LogP contribution in [0.4, 0.5) is 5.69 Å². The van der Waals surface area contributed by atoms with E-state index in [4.69, 9.17) is 16.7 Å². The van der Waals surface area contributed by atoms with E-state index >= 15 is 0 Å². The second-order valence-corrected chi connectivity index (χ2v) is 3.44. The first-order valence-electron chi connectivity index (χ1n) is 4.53. The molecule has 5 heteroatoms. The summed E-state index contributed by atoms with van der Waals surface area (Å²) in [5.74, 6) is -1.35. The van der Waals surface area contributed by atoms with Gasteiger partial charge in [-0.05, 0) is 24.3 Å². The number of nitrogens with one attached hydrogen (secondary N) is 1. The van der Waals surface area contributed by atoms with Crippen LogP contribution < -0.4 is 5.32 Å². The molecule has 1 aromatic rings. The smallest absolute Gasteiger partial charge is 0.327 e. The van der Waals surface area contributed by atoms with Gasteiger partial charge < -0.3 is 10.4 Å². The Hall–Kier alpha value is -1.81. The first-order chi connectivity index (χ1) is 7.58. The Labute approximate surface area is 97.5 Å². The fourth-order valence-electron chi connectivity index (χ4n) is 1.01. The highest BCUT2D eigenvalue weighted by Gasteiger charge is 1.99. The second-order valence-electron chi connectivity index (χ2n) is 3.00. The molecule has 4 nitrogen and oxygen atoms in total. The molecule has 0 bridgehead atoms. The monoisotopic (exact) mass is 239 g/mol. The summed E-state index contributed by atoms with van der Waals surface area (Å²) in [4.78, 5) is 21.4. The average Bonchev–Trinajstić information content (AvgIpc) is 2.21. The Morgan fingerprint density at radius 2 is 1.94 bits per heavy atom. The number of aliphatic carboxylic acids is 1. The van der Waals surface area contributed by atoms with Crippen LogP contribution in [0.15, 0.2) is 36.4 Å². The van der Waals surface area contributed by atoms with Gasteiger partial charge in [-0.25, -0.2) is 4.79 Å². The lowest BCUT2D eigenvalue weighted by Crippen LogP contribution is -2.09. The number of hydrogen-bond donors (Lipinski definition) is 2. The van der Waals surface area contributed by atoms with Gasteiger partial charge in [0, 0.05) is 23.2 Å². The lowest BCUT2D eigenvalue weighted by Gasteiger charge is -2.02. The van der Waals surface area contributed by atoms with Crippen LogP contribution in [0.2, 0.25) is 5.02 Å². The van der Waals surface area contributed by atoms with E-state index in [0.717, 1.165) is 6.08 Å². The lowest BCUT2D eigenvalue weighted by atomic mass is 10.3. The molecule has 84 valence electrons. The Bertz CT molecular complexity index is 412. The van der Waals surface area contributed by atoms with Crippen molar-refractivity contribution in [2.24, 2.45) is 0 Å². The topological polar surface area (TPSA) is 66.4 Å². The van der Waals surface area contributed by atoms with Crippen molar-refractivity contribution in [2.45, 2.75) is 6.42 Å². The number of carbonyl (C=O) groups is 2. The van der Waals surface area contributed by atoms with Crippen LogP contribution in [0.5, 0.6) is 0 Å². The number of halogens is 1. The molecule has 0 saturated heterocycles. The molecule has 1 rings (SSSR count). The summed E-state index contributed by atoms with van der Waals surface area (Å²) in [6.45, 7) is 0. The highest BCUT2D eigenvalue weighted by atomic mass is 35.5. The molecule has 0 spiro atoms. The predicted molar refractivity (Wildman–Crippen MR) is 61.5 cm³/mol. The van der Waals surface area contributed by atoms with Crippen molar-refractivity contribution < 1.29 is 14.7 Å². The number of carbonyl (C=O) groups excluding carboxylic acids is 1. The van der Waals surface area contributed by atoms with Crippen molar-refractivity contribution >= 4 is 29.2 Å². The maximum absolute atomic E-state index is 11.3. The molecule has 0 atom stereocenters. The van der Waals surface area contributed by atoms with Crippen molar-refractivity contribution in [1.82, 2.24) is 0 Å². The molecule has 0 aliphatic carbocycles. The van der Waals surface area contributed by atoms with Gasteiger partial charge in [0.15, 0.2) is 0 Å². The third-order valence-electron chi connectivity index (χ3n) is 1.69. The summed E-state index contributed by atoms with van der Waals surface area (Å²) in [6, 6.07) is 6.65. The molecule has 0 radical (unpaired) electrons. The second kappa shape index (κ2) is 5.92. The Kier molecular flexibility index (Phi) is 4.54. The molecule has 0 unspecified atom stereocenters. The number of benzene rings is 1. The molecule has 0 aromatic heterocycles. The Morgan fingerprint density at radius 3 is 2.50 bits per heavy atom. The Balaban J connectivity index is 2.45. The summed E-state index contributed by atoms with van der Waals surface area (Å²) in [5.41, 5.74) is 0.623. The molecule has 1 aromatic carbocycles. The number of rotatable bonds is 4. The SMILES string of the molecule is O=C(O)/C=C/CC(=O)Nc1ccc(Cl)cc1. The normalized spacial score (nSPS) is 10.3. The molecule has 0 aliphatic heterocycles. The van der Waals surface area contributed by atoms with Crippen molar-refractivity contribution in [3.05, 3.63) is 41.4 Å². The first kappa shape index (κ1) is 12.3. The van der Waals surface area contributed by atoms with E-state index in [1.165, 1.54) is 6.08 Å². The molecule has 0 aliphatic rings. The summed E-state index contributed by atoms with van der Waals surface area (Å²) >= 11 is 5.68. The van der Waals surface area contributed by atoms with Crippen molar-refractivity contribution in [3.63, 3.8) is 0 Å². The standard InChI is InChI=1S/C11H10ClNO3/c12-8-4-6-9(7-5-8)13-10(14)2-1-3-11(15)16/h1,3-7H,2H2,(H,13,14)(H,15,16)/b3-1+. The molecular formula is C11H10ClNO3. The maximum Gasteiger partial charge on any atom is 0.327 e. The van der Waals surface area contributed by atoms with Crippen LogP contribution in [0.3, 0.4) is 0 Å². The van der Waals surface area contributed by atoms with E-state index in [-0.39, 0.29) is 12.3 Å². The van der Waals surface area contributed by atoms with Crippen LogP contribution in [0.25, 0.3) is 0 Å². The predicted octanol–water partition coefficient (Wildman–Crippen LogP) is 2.31. The van der Waals surface area contributed by atoms with Crippen LogP contribution in [-0.4, -0.2) is 17.0 Å². The zero-order chi connectivity index (χ0) is 12.0. The van der Waals surface area contributed by atoms with Gasteiger partial charge in [-0.1, -0.05) is 17.7 Å². The van der Waals surface area contributed by atoms with E-state index in [9.17, 15) is 9.59 Å². The average molecular weight is 240 g/mol. The fraction of sp³-hybridized carbons (Fsp3) is 0.0909. The molecule has 2 N–H and O–H groups in total. The van der Waals surface area contributed by atoms with E-state index in [0.29, 0.717) is 10.7 Å². The van der Waals surface area contributed by atoms with Gasteiger partial charge in [-0.15, -0.1) is 0 Å². The number of carboxylic acids is 1. The van der Waals surface area contributed by atoms with Gasteiger partial charge in [0.1, 0.15) is 0 Å². The maximum atomic E-state index is 11.3. The summed E-state index contributed by atoms with van der Waals surface area (Å²) in [7, 11) is 0. The van der Waals surface area contributed by atoms with Crippen LogP contribution >= 0.6 is 11.6 Å². The fourth-order valence-corrected chi connectivity index (χ4v) is 1.14. The quantitative estimate of drug-likeness (QED) is 0.793. The van der Waals surface area contributed by atoms with Crippen LogP contribution in [0.1, 0.15) is 6.42 Å². The first-order valence-corrected chi connectivity index (χ1v) is 4.90. The molecule has 0 heterocycles. The lowest BCUT2D eigenvalue weighted by molar-refractivity contribution is -0.131. The van der Waals surface area contributed by atoms with Crippen LogP contribution in [0, 0.1) is 0 Å². The summed E-state index contributed by atoms with van der Waals surface area (Å²) in [5, 5.41) is 11.5. The summed E-state index contributed by atoms with van der Waals surface area (Å²) in [6.07, 6.45) is 2.24. The number of anilines is 1. The highest BCUT2D eigenvalue weighted by molar-refractivity contribution is 6.30. The minimum Gasteiger partial charge on any atom is -0.478 e. The van der Waals surface area contributed by atoms with Crippen molar-refractivity contribution in [1.29, 1.82) is 0 Å².